The minimum Gasteiger partial charge on any atom is -0.396 e. The maximum atomic E-state index is 12.6. The molecule has 9 heteroatoms. The van der Waals surface area contributed by atoms with Crippen LogP contribution in [-0.4, -0.2) is 49.0 Å². The van der Waals surface area contributed by atoms with E-state index in [9.17, 15) is 9.59 Å². The number of rotatable bonds is 11. The first-order chi connectivity index (χ1) is 16.4. The fraction of sp³-hybridized carbons (Fsp3) is 0.320. The fourth-order valence-electron chi connectivity index (χ4n) is 3.45. The summed E-state index contributed by atoms with van der Waals surface area (Å²) >= 11 is 1.42. The van der Waals surface area contributed by atoms with E-state index in [1.807, 2.05) is 50.5 Å². The molecule has 0 spiro atoms. The lowest BCUT2D eigenvalue weighted by Gasteiger charge is -2.20. The number of benzene rings is 1. The van der Waals surface area contributed by atoms with Gasteiger partial charge >= 0.3 is 6.03 Å². The largest absolute Gasteiger partial charge is 0.396 e. The molecule has 2 aromatic heterocycles. The van der Waals surface area contributed by atoms with Gasteiger partial charge in [0.1, 0.15) is 5.69 Å². The Balaban J connectivity index is 1.60. The molecule has 0 bridgehead atoms. The number of anilines is 2. The van der Waals surface area contributed by atoms with Gasteiger partial charge in [0.05, 0.1) is 17.4 Å². The molecule has 0 aliphatic heterocycles. The van der Waals surface area contributed by atoms with Gasteiger partial charge < -0.3 is 26.6 Å². The normalized spacial score (nSPS) is 11.7. The first-order valence-electron chi connectivity index (χ1n) is 11.2. The summed E-state index contributed by atoms with van der Waals surface area (Å²) in [6.45, 7) is 1.45. The van der Waals surface area contributed by atoms with Crippen molar-refractivity contribution in [1.29, 1.82) is 0 Å². The molecule has 3 amide bonds. The van der Waals surface area contributed by atoms with E-state index in [1.54, 1.807) is 23.0 Å². The number of aromatic nitrogens is 1. The molecule has 0 radical (unpaired) electrons. The van der Waals surface area contributed by atoms with Crippen LogP contribution in [0.4, 0.5) is 16.2 Å². The fourth-order valence-corrected chi connectivity index (χ4v) is 4.12. The first kappa shape index (κ1) is 25.2. The number of hydrogen-bond acceptors (Lipinski definition) is 6. The molecule has 0 saturated heterocycles. The van der Waals surface area contributed by atoms with Crippen LogP contribution < -0.4 is 21.7 Å². The van der Waals surface area contributed by atoms with Crippen LogP contribution in [0.5, 0.6) is 0 Å². The van der Waals surface area contributed by atoms with Gasteiger partial charge in [0.15, 0.2) is 0 Å². The van der Waals surface area contributed by atoms with Crippen molar-refractivity contribution in [3.05, 3.63) is 76.2 Å². The van der Waals surface area contributed by atoms with E-state index in [0.717, 1.165) is 31.4 Å². The van der Waals surface area contributed by atoms with Crippen molar-refractivity contribution in [1.82, 2.24) is 20.5 Å². The smallest absolute Gasteiger partial charge is 0.315 e. The Bertz CT molecular complexity index is 1050. The van der Waals surface area contributed by atoms with Crippen molar-refractivity contribution in [2.24, 2.45) is 0 Å². The minimum atomic E-state index is -0.326. The molecular weight excluding hydrogens is 448 g/mol. The van der Waals surface area contributed by atoms with Crippen LogP contribution in [0.3, 0.4) is 0 Å². The molecule has 3 aromatic rings. The Morgan fingerprint density at radius 2 is 1.91 bits per heavy atom. The van der Waals surface area contributed by atoms with E-state index in [4.69, 9.17) is 5.73 Å². The van der Waals surface area contributed by atoms with E-state index in [1.165, 1.54) is 16.9 Å². The number of amides is 3. The number of carbonyl (C=O) groups excluding carboxylic acids is 2. The highest BCUT2D eigenvalue weighted by Crippen LogP contribution is 2.24. The summed E-state index contributed by atoms with van der Waals surface area (Å²) in [6, 6.07) is 13.1. The van der Waals surface area contributed by atoms with Crippen molar-refractivity contribution in [3.63, 3.8) is 0 Å². The highest BCUT2D eigenvalue weighted by Gasteiger charge is 2.17. The number of nitrogens with one attached hydrogen (secondary N) is 3. The molecule has 1 aromatic carbocycles. The van der Waals surface area contributed by atoms with E-state index in [2.05, 4.69) is 25.8 Å². The van der Waals surface area contributed by atoms with Crippen LogP contribution >= 0.6 is 11.3 Å². The molecule has 5 N–H and O–H groups in total. The Morgan fingerprint density at radius 1 is 1.12 bits per heavy atom. The monoisotopic (exact) mass is 480 g/mol. The second kappa shape index (κ2) is 12.7. The second-order valence-electron chi connectivity index (χ2n) is 8.31. The Morgan fingerprint density at radius 3 is 2.56 bits per heavy atom. The minimum absolute atomic E-state index is 0.214. The summed E-state index contributed by atoms with van der Waals surface area (Å²) < 4.78 is 0. The van der Waals surface area contributed by atoms with E-state index >= 15 is 0 Å². The maximum absolute atomic E-state index is 12.6. The number of nitrogens with two attached hydrogens (primary N) is 1. The third-order valence-electron chi connectivity index (χ3n) is 5.31. The predicted octanol–water partition coefficient (Wildman–Crippen LogP) is 3.90. The summed E-state index contributed by atoms with van der Waals surface area (Å²) in [6.07, 6.45) is 4.07. The molecule has 180 valence electrons. The first-order valence-corrected chi connectivity index (χ1v) is 12.2. The molecule has 1 atom stereocenters. The molecule has 0 aliphatic rings. The van der Waals surface area contributed by atoms with Gasteiger partial charge in [0.25, 0.3) is 5.91 Å². The number of carbonyl (C=O) groups is 2. The maximum Gasteiger partial charge on any atom is 0.315 e. The molecule has 0 aliphatic carbocycles. The number of nitrogen functional groups attached to an aromatic ring is 1. The lowest BCUT2D eigenvalue weighted by molar-refractivity contribution is 0.102. The number of nitrogens with zero attached hydrogens (tertiary/aromatic N) is 2. The lowest BCUT2D eigenvalue weighted by atomic mass is 10.0. The Kier molecular flexibility index (Phi) is 9.42. The summed E-state index contributed by atoms with van der Waals surface area (Å²) in [5.74, 6) is -0.326. The van der Waals surface area contributed by atoms with Gasteiger partial charge in [-0.15, -0.1) is 11.3 Å². The molecule has 34 heavy (non-hydrogen) atoms. The Labute approximate surface area is 204 Å². The molecule has 2 heterocycles. The SMILES string of the molecule is CN(C)CCCC(NC(=O)NCCc1ccccc1)c1ccc(C(=O)Nc2cscc2N)nc1. The van der Waals surface area contributed by atoms with Crippen LogP contribution in [0.2, 0.25) is 0 Å². The molecular formula is C25H32N6O2S. The van der Waals surface area contributed by atoms with E-state index in [0.29, 0.717) is 17.9 Å². The average molecular weight is 481 g/mol. The highest BCUT2D eigenvalue weighted by molar-refractivity contribution is 7.09. The molecule has 8 nitrogen and oxygen atoms in total. The van der Waals surface area contributed by atoms with Crippen molar-refractivity contribution in [2.75, 3.05) is 38.2 Å². The number of hydrogen-bond donors (Lipinski definition) is 4. The third-order valence-corrected chi connectivity index (χ3v) is 6.07. The number of pyridine rings is 1. The van der Waals surface area contributed by atoms with E-state index < -0.39 is 0 Å². The van der Waals surface area contributed by atoms with Crippen molar-refractivity contribution >= 4 is 34.6 Å². The quantitative estimate of drug-likeness (QED) is 0.332. The molecule has 3 rings (SSSR count). The van der Waals surface area contributed by atoms with Gasteiger partial charge in [-0.25, -0.2) is 4.79 Å². The van der Waals surface area contributed by atoms with Crippen LogP contribution in [0.15, 0.2) is 59.4 Å². The summed E-state index contributed by atoms with van der Waals surface area (Å²) in [4.78, 5) is 31.5. The molecule has 1 unspecified atom stereocenters. The van der Waals surface area contributed by atoms with Gasteiger partial charge in [-0.05, 0) is 57.1 Å². The van der Waals surface area contributed by atoms with Crippen molar-refractivity contribution < 1.29 is 9.59 Å². The zero-order chi connectivity index (χ0) is 24.3. The summed E-state index contributed by atoms with van der Waals surface area (Å²) in [5, 5.41) is 12.3. The van der Waals surface area contributed by atoms with Crippen molar-refractivity contribution in [3.8, 4) is 0 Å². The van der Waals surface area contributed by atoms with Crippen LogP contribution in [0, 0.1) is 0 Å². The van der Waals surface area contributed by atoms with E-state index in [-0.39, 0.29) is 23.7 Å². The third kappa shape index (κ3) is 7.86. The van der Waals surface area contributed by atoms with Gasteiger partial charge in [-0.1, -0.05) is 36.4 Å². The average Bonchev–Trinajstić information content (AvgIpc) is 3.23. The Hall–Kier alpha value is -3.43. The van der Waals surface area contributed by atoms with Gasteiger partial charge in [0.2, 0.25) is 0 Å². The van der Waals surface area contributed by atoms with Crippen molar-refractivity contribution in [2.45, 2.75) is 25.3 Å². The number of urea groups is 1. The second-order valence-corrected chi connectivity index (χ2v) is 9.05. The molecule has 0 fully saturated rings. The lowest BCUT2D eigenvalue weighted by Crippen LogP contribution is -2.39. The standard InChI is InChI=1S/C25H32N6O2S/c1-31(2)14-6-9-21(30-25(33)27-13-12-18-7-4-3-5-8-18)19-10-11-22(28-15-19)24(32)29-23-17-34-16-20(23)26/h3-5,7-8,10-11,15-17,21H,6,9,12-14,26H2,1-2H3,(H,29,32)(H2,27,30,33). The van der Waals surface area contributed by atoms with Crippen LogP contribution in [0.25, 0.3) is 0 Å². The number of thiophene rings is 1. The summed E-state index contributed by atoms with van der Waals surface area (Å²) in [5.41, 5.74) is 9.25. The molecule has 0 saturated carbocycles. The van der Waals surface area contributed by atoms with Gasteiger partial charge in [-0.3, -0.25) is 9.78 Å². The highest BCUT2D eigenvalue weighted by atomic mass is 32.1. The zero-order valence-electron chi connectivity index (χ0n) is 19.6. The predicted molar refractivity (Wildman–Crippen MR) is 138 cm³/mol. The van der Waals surface area contributed by atoms with Gasteiger partial charge in [-0.2, -0.15) is 0 Å². The zero-order valence-corrected chi connectivity index (χ0v) is 20.4. The van der Waals surface area contributed by atoms with Gasteiger partial charge in [0, 0.05) is 23.5 Å². The summed E-state index contributed by atoms with van der Waals surface area (Å²) in [7, 11) is 4.04. The van der Waals surface area contributed by atoms with Crippen LogP contribution in [-0.2, 0) is 6.42 Å². The van der Waals surface area contributed by atoms with Crippen LogP contribution in [0.1, 0.15) is 40.5 Å². The topological polar surface area (TPSA) is 112 Å².